The van der Waals surface area contributed by atoms with Crippen molar-refractivity contribution in [2.75, 3.05) is 49.7 Å². The van der Waals surface area contributed by atoms with E-state index in [4.69, 9.17) is 25.8 Å². The van der Waals surface area contributed by atoms with E-state index in [1.54, 1.807) is 12.1 Å². The van der Waals surface area contributed by atoms with Gasteiger partial charge in [-0.2, -0.15) is 0 Å². The highest BCUT2D eigenvalue weighted by Crippen LogP contribution is 2.34. The number of carbonyl (C=O) groups excluding carboxylic acids is 1. The minimum atomic E-state index is -0.204. The van der Waals surface area contributed by atoms with Crippen molar-refractivity contribution in [1.82, 2.24) is 0 Å². The molecular formula is C22H25ClN2O4. The van der Waals surface area contributed by atoms with Crippen LogP contribution in [0.25, 0.3) is 0 Å². The summed E-state index contributed by atoms with van der Waals surface area (Å²) in [6.07, 6.45) is 2.22. The molecule has 2 aliphatic heterocycles. The fourth-order valence-electron chi connectivity index (χ4n) is 3.61. The van der Waals surface area contributed by atoms with Crippen molar-refractivity contribution in [2.45, 2.75) is 18.9 Å². The number of nitrogens with one attached hydrogen (secondary N) is 1. The number of hydrogen-bond donors (Lipinski definition) is 1. The molecule has 7 heteroatoms. The van der Waals surface area contributed by atoms with E-state index >= 15 is 0 Å². The fourth-order valence-corrected chi connectivity index (χ4v) is 3.91. The second-order valence-corrected chi connectivity index (χ2v) is 7.57. The first-order chi connectivity index (χ1) is 14.2. The molecule has 0 unspecified atom stereocenters. The van der Waals surface area contributed by atoms with Gasteiger partial charge in [0.15, 0.2) is 0 Å². The molecule has 2 aromatic carbocycles. The monoisotopic (exact) mass is 416 g/mol. The maximum Gasteiger partial charge on any atom is 0.255 e. The number of nitrogens with zero attached hydrogens (tertiary/aromatic N) is 1. The van der Waals surface area contributed by atoms with Gasteiger partial charge in [0.05, 0.1) is 35.7 Å². The summed E-state index contributed by atoms with van der Waals surface area (Å²) in [5.41, 5.74) is 2.05. The van der Waals surface area contributed by atoms with Crippen molar-refractivity contribution in [3.05, 3.63) is 53.1 Å². The average Bonchev–Trinajstić information content (AvgIpc) is 3.27. The van der Waals surface area contributed by atoms with Crippen LogP contribution in [0, 0.1) is 0 Å². The molecule has 2 aliphatic rings. The van der Waals surface area contributed by atoms with E-state index in [0.717, 1.165) is 38.2 Å². The van der Waals surface area contributed by atoms with Crippen LogP contribution in [0.1, 0.15) is 23.2 Å². The molecule has 154 valence electrons. The van der Waals surface area contributed by atoms with Crippen LogP contribution in [0.15, 0.2) is 42.5 Å². The summed E-state index contributed by atoms with van der Waals surface area (Å²) in [5, 5.41) is 3.61. The molecule has 0 saturated carbocycles. The Labute approximate surface area is 175 Å². The third-order valence-electron chi connectivity index (χ3n) is 5.12. The fraction of sp³-hybridized carbons (Fsp3) is 0.409. The Morgan fingerprint density at radius 3 is 2.79 bits per heavy atom. The van der Waals surface area contributed by atoms with Crippen molar-refractivity contribution in [1.29, 1.82) is 0 Å². The molecule has 0 bridgehead atoms. The summed E-state index contributed by atoms with van der Waals surface area (Å²) in [7, 11) is 0. The van der Waals surface area contributed by atoms with Gasteiger partial charge in [-0.25, -0.2) is 0 Å². The van der Waals surface area contributed by atoms with Gasteiger partial charge in [0.2, 0.25) is 0 Å². The van der Waals surface area contributed by atoms with Crippen LogP contribution in [0.5, 0.6) is 5.75 Å². The number of rotatable bonds is 6. The van der Waals surface area contributed by atoms with Gasteiger partial charge in [0, 0.05) is 25.3 Å². The lowest BCUT2D eigenvalue weighted by molar-refractivity contribution is 0.0679. The molecule has 6 nitrogen and oxygen atoms in total. The number of para-hydroxylation sites is 1. The lowest BCUT2D eigenvalue weighted by atomic mass is 10.1. The molecule has 29 heavy (non-hydrogen) atoms. The van der Waals surface area contributed by atoms with E-state index in [1.807, 2.05) is 30.3 Å². The third kappa shape index (κ3) is 5.01. The lowest BCUT2D eigenvalue weighted by Crippen LogP contribution is -2.37. The predicted molar refractivity (Wildman–Crippen MR) is 113 cm³/mol. The maximum absolute atomic E-state index is 12.9. The normalized spacial score (nSPS) is 19.2. The second kappa shape index (κ2) is 9.48. The number of benzene rings is 2. The first kappa shape index (κ1) is 20.0. The minimum absolute atomic E-state index is 0.134. The molecule has 1 atom stereocenters. The van der Waals surface area contributed by atoms with E-state index in [-0.39, 0.29) is 12.0 Å². The number of halogens is 1. The Kier molecular flexibility index (Phi) is 6.54. The van der Waals surface area contributed by atoms with Gasteiger partial charge >= 0.3 is 0 Å². The molecule has 2 aromatic rings. The molecule has 0 aromatic heterocycles. The van der Waals surface area contributed by atoms with E-state index in [1.165, 1.54) is 0 Å². The zero-order valence-corrected chi connectivity index (χ0v) is 17.0. The predicted octanol–water partition coefficient (Wildman–Crippen LogP) is 3.99. The van der Waals surface area contributed by atoms with Crippen LogP contribution < -0.4 is 15.0 Å². The van der Waals surface area contributed by atoms with Gasteiger partial charge in [-0.3, -0.25) is 4.79 Å². The summed E-state index contributed by atoms with van der Waals surface area (Å²) in [6.45, 7) is 4.05. The number of hydrogen-bond acceptors (Lipinski definition) is 5. The number of ether oxygens (including phenoxy) is 3. The Balaban J connectivity index is 1.46. The molecule has 2 heterocycles. The summed E-state index contributed by atoms with van der Waals surface area (Å²) in [4.78, 5) is 15.0. The van der Waals surface area contributed by atoms with Crippen LogP contribution in [0.3, 0.4) is 0 Å². The standard InChI is InChI=1S/C22H25ClN2O4/c23-19-7-2-8-20(21(19)25-9-12-27-13-10-25)24-22(26)16-4-1-5-17(14-16)29-15-18-6-3-11-28-18/h1-2,4-5,7-8,14,18H,3,6,9-13,15H2,(H,24,26)/t18-/m0/s1. The maximum atomic E-state index is 12.9. The Morgan fingerprint density at radius 2 is 2.00 bits per heavy atom. The highest BCUT2D eigenvalue weighted by Gasteiger charge is 2.20. The average molecular weight is 417 g/mol. The molecule has 0 aliphatic carbocycles. The van der Waals surface area contributed by atoms with Crippen LogP contribution in [0.4, 0.5) is 11.4 Å². The summed E-state index contributed by atoms with van der Waals surface area (Å²) in [6, 6.07) is 12.7. The lowest BCUT2D eigenvalue weighted by Gasteiger charge is -2.31. The van der Waals surface area contributed by atoms with Crippen molar-refractivity contribution >= 4 is 28.9 Å². The molecule has 0 spiro atoms. The van der Waals surface area contributed by atoms with Gasteiger partial charge in [-0.05, 0) is 43.2 Å². The van der Waals surface area contributed by atoms with Crippen LogP contribution in [0.2, 0.25) is 5.02 Å². The molecule has 1 N–H and O–H groups in total. The highest BCUT2D eigenvalue weighted by molar-refractivity contribution is 6.34. The Bertz CT molecular complexity index is 848. The molecule has 4 rings (SSSR count). The first-order valence-electron chi connectivity index (χ1n) is 9.98. The van der Waals surface area contributed by atoms with E-state index in [9.17, 15) is 4.79 Å². The zero-order chi connectivity index (χ0) is 20.1. The molecule has 0 radical (unpaired) electrons. The molecular weight excluding hydrogens is 392 g/mol. The molecule has 2 saturated heterocycles. The van der Waals surface area contributed by atoms with Crippen molar-refractivity contribution in [2.24, 2.45) is 0 Å². The summed E-state index contributed by atoms with van der Waals surface area (Å²) in [5.74, 6) is 0.456. The van der Waals surface area contributed by atoms with Gasteiger partial charge in [-0.1, -0.05) is 23.7 Å². The van der Waals surface area contributed by atoms with Gasteiger partial charge < -0.3 is 24.4 Å². The minimum Gasteiger partial charge on any atom is -0.491 e. The third-order valence-corrected chi connectivity index (χ3v) is 5.42. The summed E-state index contributed by atoms with van der Waals surface area (Å²) < 4.78 is 16.8. The molecule has 2 fully saturated rings. The summed E-state index contributed by atoms with van der Waals surface area (Å²) >= 11 is 6.46. The van der Waals surface area contributed by atoms with Gasteiger partial charge in [0.1, 0.15) is 12.4 Å². The Hall–Kier alpha value is -2.28. The SMILES string of the molecule is O=C(Nc1cccc(Cl)c1N1CCOCC1)c1cccc(OC[C@@H]2CCCO2)c1. The van der Waals surface area contributed by atoms with E-state index in [0.29, 0.717) is 41.8 Å². The van der Waals surface area contributed by atoms with Crippen LogP contribution in [-0.4, -0.2) is 51.5 Å². The smallest absolute Gasteiger partial charge is 0.255 e. The van der Waals surface area contributed by atoms with Crippen LogP contribution in [-0.2, 0) is 9.47 Å². The molecule has 1 amide bonds. The van der Waals surface area contributed by atoms with Gasteiger partial charge in [0.25, 0.3) is 5.91 Å². The van der Waals surface area contributed by atoms with E-state index < -0.39 is 0 Å². The van der Waals surface area contributed by atoms with Gasteiger partial charge in [-0.15, -0.1) is 0 Å². The highest BCUT2D eigenvalue weighted by atomic mass is 35.5. The largest absolute Gasteiger partial charge is 0.491 e. The number of morpholine rings is 1. The quantitative estimate of drug-likeness (QED) is 0.771. The van der Waals surface area contributed by atoms with E-state index in [2.05, 4.69) is 10.2 Å². The number of carbonyl (C=O) groups is 1. The number of anilines is 2. The van der Waals surface area contributed by atoms with Crippen molar-refractivity contribution in [3.63, 3.8) is 0 Å². The first-order valence-corrected chi connectivity index (χ1v) is 10.4. The number of amides is 1. The second-order valence-electron chi connectivity index (χ2n) is 7.16. The van der Waals surface area contributed by atoms with Crippen LogP contribution >= 0.6 is 11.6 Å². The van der Waals surface area contributed by atoms with Crippen molar-refractivity contribution < 1.29 is 19.0 Å². The van der Waals surface area contributed by atoms with Crippen molar-refractivity contribution in [3.8, 4) is 5.75 Å². The topological polar surface area (TPSA) is 60.0 Å². The zero-order valence-electron chi connectivity index (χ0n) is 16.2. The Morgan fingerprint density at radius 1 is 1.17 bits per heavy atom.